The Balaban J connectivity index is 1.55. The van der Waals surface area contributed by atoms with Gasteiger partial charge in [-0.3, -0.25) is 28.8 Å². The number of nitrogens with zero attached hydrogens (tertiary/aromatic N) is 2. The average Bonchev–Trinajstić information content (AvgIpc) is 3.17. The summed E-state index contributed by atoms with van der Waals surface area (Å²) in [6.07, 6.45) is 0.103. The highest BCUT2D eigenvalue weighted by atomic mass is 16.5. The third-order valence-electron chi connectivity index (χ3n) is 9.92. The van der Waals surface area contributed by atoms with E-state index in [-0.39, 0.29) is 19.3 Å². The number of ether oxygens (including phenoxy) is 3. The molecule has 6 bridgehead atoms. The van der Waals surface area contributed by atoms with Gasteiger partial charge in [0.05, 0.1) is 14.2 Å². The largest absolute Gasteiger partial charge is 0.497 e. The summed E-state index contributed by atoms with van der Waals surface area (Å²) in [4.78, 5) is 85.9. The first-order chi connectivity index (χ1) is 26.2. The quantitative estimate of drug-likeness (QED) is 0.307. The fourth-order valence-electron chi connectivity index (χ4n) is 6.55. The van der Waals surface area contributed by atoms with Crippen molar-refractivity contribution in [1.82, 2.24) is 31.1 Å². The Labute approximate surface area is 320 Å². The minimum absolute atomic E-state index is 0.0179. The fourth-order valence-corrected chi connectivity index (χ4v) is 6.55. The molecule has 0 radical (unpaired) electrons. The molecule has 3 heterocycles. The Hall–Kier alpha value is -6.12. The molecule has 0 aromatic heterocycles. The molecule has 3 aromatic rings. The first-order valence-electron chi connectivity index (χ1n) is 18.0. The molecule has 15 nitrogen and oxygen atoms in total. The molecule has 1 fully saturated rings. The van der Waals surface area contributed by atoms with Crippen LogP contribution in [0.3, 0.4) is 0 Å². The van der Waals surface area contributed by atoms with Crippen molar-refractivity contribution < 1.29 is 43.0 Å². The van der Waals surface area contributed by atoms with Gasteiger partial charge in [0.15, 0.2) is 11.5 Å². The number of amides is 6. The average molecular weight is 757 g/mol. The molecule has 55 heavy (non-hydrogen) atoms. The highest BCUT2D eigenvalue weighted by molar-refractivity contribution is 5.98. The lowest BCUT2D eigenvalue weighted by molar-refractivity contribution is -0.145. The summed E-state index contributed by atoms with van der Waals surface area (Å²) in [7, 11) is 5.94. The maximum atomic E-state index is 14.3. The van der Waals surface area contributed by atoms with Gasteiger partial charge < -0.3 is 45.3 Å². The minimum Gasteiger partial charge on any atom is -0.497 e. The highest BCUT2D eigenvalue weighted by Gasteiger charge is 2.37. The third kappa shape index (κ3) is 9.52. The Kier molecular flexibility index (Phi) is 12.6. The minimum atomic E-state index is -1.21. The molecule has 4 N–H and O–H groups in total. The zero-order valence-corrected chi connectivity index (χ0v) is 32.0. The van der Waals surface area contributed by atoms with Crippen LogP contribution in [0.25, 0.3) is 0 Å². The number of benzene rings is 3. The zero-order chi connectivity index (χ0) is 40.0. The van der Waals surface area contributed by atoms with Crippen molar-refractivity contribution in [2.24, 2.45) is 0 Å². The molecular weight excluding hydrogens is 708 g/mol. The van der Waals surface area contributed by atoms with Crippen LogP contribution in [0.5, 0.6) is 23.0 Å². The van der Waals surface area contributed by atoms with Crippen LogP contribution in [0.15, 0.2) is 66.7 Å². The van der Waals surface area contributed by atoms with E-state index < -0.39 is 71.7 Å². The van der Waals surface area contributed by atoms with Crippen molar-refractivity contribution in [3.63, 3.8) is 0 Å². The molecule has 0 saturated carbocycles. The summed E-state index contributed by atoms with van der Waals surface area (Å²) in [5.41, 5.74) is 2.00. The van der Waals surface area contributed by atoms with Crippen LogP contribution in [0, 0.1) is 0 Å². The SMILES string of the molecule is COc1ccc(C[C@H]2C(=O)N[C@@H](C)C(=O)N(C)[C@H]3Cc4ccc(cc4)Oc4cc(ccc4OC)C[C@H](NC3=O)C(=O)NC(C)C(=O)N[C@@H](C)C(=O)N2C)cc1. The number of carbonyl (C=O) groups is 6. The monoisotopic (exact) mass is 756 g/mol. The third-order valence-corrected chi connectivity index (χ3v) is 9.92. The number of carbonyl (C=O) groups excluding carboxylic acids is 6. The zero-order valence-electron chi connectivity index (χ0n) is 32.0. The van der Waals surface area contributed by atoms with Gasteiger partial charge in [0.1, 0.15) is 47.8 Å². The van der Waals surface area contributed by atoms with E-state index in [9.17, 15) is 28.8 Å². The molecule has 1 unspecified atom stereocenters. The van der Waals surface area contributed by atoms with Crippen LogP contribution in [0.4, 0.5) is 0 Å². The van der Waals surface area contributed by atoms with Crippen molar-refractivity contribution in [2.75, 3.05) is 28.3 Å². The molecule has 6 atom stereocenters. The molecule has 15 heteroatoms. The number of fused-ring (bicyclic) bond motifs is 2. The van der Waals surface area contributed by atoms with E-state index in [1.54, 1.807) is 66.7 Å². The Morgan fingerprint density at radius 3 is 1.87 bits per heavy atom. The maximum Gasteiger partial charge on any atom is 0.245 e. The summed E-state index contributed by atoms with van der Waals surface area (Å²) in [5, 5.41) is 10.9. The van der Waals surface area contributed by atoms with Crippen molar-refractivity contribution in [3.05, 3.63) is 83.4 Å². The topological polar surface area (TPSA) is 185 Å². The first kappa shape index (κ1) is 40.1. The van der Waals surface area contributed by atoms with Gasteiger partial charge in [-0.05, 0) is 73.9 Å². The van der Waals surface area contributed by atoms with E-state index in [1.807, 2.05) is 0 Å². The van der Waals surface area contributed by atoms with E-state index in [0.717, 1.165) is 0 Å². The molecule has 1 saturated heterocycles. The smallest absolute Gasteiger partial charge is 0.245 e. The van der Waals surface area contributed by atoms with Gasteiger partial charge in [0.25, 0.3) is 0 Å². The molecule has 292 valence electrons. The maximum absolute atomic E-state index is 14.3. The van der Waals surface area contributed by atoms with E-state index in [2.05, 4.69) is 21.3 Å². The standard InChI is InChI=1S/C40H48N6O9/c1-22-35(47)42-23(2)39(51)45(4)31(19-25-8-13-28(53-6)14-9-25)37(49)43-24(3)40(52)46(5)32-20-26-10-15-29(16-11-26)55-34-21-27(12-17-33(34)54-7)18-30(36(48)41-22)44-38(32)50/h8-17,21-24,30-32H,18-20H2,1-7H3,(H,41,48)(H,42,47)(H,43,49)(H,44,50)/t22?,23-,24-,30-,31-,32-/m0/s1. The summed E-state index contributed by atoms with van der Waals surface area (Å²) in [6.45, 7) is 4.43. The number of nitrogens with one attached hydrogen (secondary N) is 4. The number of methoxy groups -OCH3 is 2. The van der Waals surface area contributed by atoms with Gasteiger partial charge in [-0.15, -0.1) is 0 Å². The van der Waals surface area contributed by atoms with Crippen molar-refractivity contribution in [2.45, 2.75) is 76.3 Å². The van der Waals surface area contributed by atoms with Crippen LogP contribution < -0.4 is 35.5 Å². The Morgan fingerprint density at radius 2 is 1.24 bits per heavy atom. The van der Waals surface area contributed by atoms with Crippen LogP contribution in [-0.2, 0) is 48.0 Å². The van der Waals surface area contributed by atoms with Crippen molar-refractivity contribution in [3.8, 4) is 23.0 Å². The van der Waals surface area contributed by atoms with Crippen molar-refractivity contribution >= 4 is 35.4 Å². The lowest BCUT2D eigenvalue weighted by Crippen LogP contribution is -2.61. The van der Waals surface area contributed by atoms with E-state index in [0.29, 0.717) is 39.7 Å². The molecular formula is C40H48N6O9. The predicted octanol–water partition coefficient (Wildman–Crippen LogP) is 1.50. The molecule has 3 aromatic carbocycles. The number of likely N-dealkylation sites (N-methyl/N-ethyl adjacent to an activating group) is 2. The van der Waals surface area contributed by atoms with Crippen LogP contribution >= 0.6 is 0 Å². The van der Waals surface area contributed by atoms with Crippen molar-refractivity contribution in [1.29, 1.82) is 0 Å². The Morgan fingerprint density at radius 1 is 0.636 bits per heavy atom. The molecule has 3 aliphatic rings. The van der Waals surface area contributed by atoms with Gasteiger partial charge in [-0.2, -0.15) is 0 Å². The number of rotatable bonds is 4. The highest BCUT2D eigenvalue weighted by Crippen LogP contribution is 2.33. The van der Waals surface area contributed by atoms with E-state index >= 15 is 0 Å². The first-order valence-corrected chi connectivity index (χ1v) is 18.0. The molecule has 6 rings (SSSR count). The van der Waals surface area contributed by atoms with Gasteiger partial charge in [-0.1, -0.05) is 30.3 Å². The second-order valence-corrected chi connectivity index (χ2v) is 13.9. The summed E-state index contributed by atoms with van der Waals surface area (Å²) >= 11 is 0. The van der Waals surface area contributed by atoms with Crippen LogP contribution in [0.1, 0.15) is 37.5 Å². The molecule has 6 amide bonds. The lowest BCUT2D eigenvalue weighted by atomic mass is 10.00. The van der Waals surface area contributed by atoms with Gasteiger partial charge >= 0.3 is 0 Å². The van der Waals surface area contributed by atoms with Crippen LogP contribution in [0.2, 0.25) is 0 Å². The van der Waals surface area contributed by atoms with Crippen LogP contribution in [-0.4, -0.2) is 110 Å². The summed E-state index contributed by atoms with van der Waals surface area (Å²) in [6, 6.07) is 12.3. The van der Waals surface area contributed by atoms with E-state index in [4.69, 9.17) is 14.2 Å². The Bertz CT molecular complexity index is 1920. The van der Waals surface area contributed by atoms with Gasteiger partial charge in [0, 0.05) is 33.4 Å². The lowest BCUT2D eigenvalue weighted by Gasteiger charge is -2.34. The van der Waals surface area contributed by atoms with E-state index in [1.165, 1.54) is 58.9 Å². The fraction of sp³-hybridized carbons (Fsp3) is 0.400. The summed E-state index contributed by atoms with van der Waals surface area (Å²) in [5.74, 6) is -1.80. The molecule has 0 aliphatic carbocycles. The van der Waals surface area contributed by atoms with Gasteiger partial charge in [-0.25, -0.2) is 0 Å². The summed E-state index contributed by atoms with van der Waals surface area (Å²) < 4.78 is 16.9. The molecule has 0 spiro atoms. The number of hydrogen-bond donors (Lipinski definition) is 4. The number of hydrogen-bond acceptors (Lipinski definition) is 9. The molecule has 3 aliphatic heterocycles. The van der Waals surface area contributed by atoms with Gasteiger partial charge in [0.2, 0.25) is 35.4 Å². The second kappa shape index (κ2) is 17.3. The predicted molar refractivity (Wildman–Crippen MR) is 201 cm³/mol. The normalized spacial score (nSPS) is 24.3. The second-order valence-electron chi connectivity index (χ2n) is 13.9.